The minimum Gasteiger partial charge on any atom is -0.494 e. The Balaban J connectivity index is 1.41. The molecule has 0 spiro atoms. The van der Waals surface area contributed by atoms with Gasteiger partial charge in [0.25, 0.3) is 0 Å². The molecule has 5 aromatic rings. The highest BCUT2D eigenvalue weighted by Crippen LogP contribution is 2.46. The second-order valence-corrected chi connectivity index (χ2v) is 12.4. The molecule has 1 aliphatic heterocycles. The van der Waals surface area contributed by atoms with E-state index >= 15 is 0 Å². The highest BCUT2D eigenvalue weighted by atomic mass is 32.9. The van der Waals surface area contributed by atoms with Gasteiger partial charge in [0.2, 0.25) is 0 Å². The van der Waals surface area contributed by atoms with E-state index in [4.69, 9.17) is 14.7 Å². The van der Waals surface area contributed by atoms with Crippen molar-refractivity contribution in [1.82, 2.24) is 4.98 Å². The third-order valence-corrected chi connectivity index (χ3v) is 9.83. The van der Waals surface area contributed by atoms with E-state index in [9.17, 15) is 0 Å². The van der Waals surface area contributed by atoms with Gasteiger partial charge in [-0.25, -0.2) is 9.98 Å². The first-order valence-corrected chi connectivity index (χ1v) is 14.6. The Hall–Kier alpha value is -3.00. The van der Waals surface area contributed by atoms with Crippen LogP contribution in [-0.4, -0.2) is 11.6 Å². The highest BCUT2D eigenvalue weighted by molar-refractivity contribution is 7.68. The van der Waals surface area contributed by atoms with Crippen LogP contribution < -0.4 is 14.7 Å². The van der Waals surface area contributed by atoms with Gasteiger partial charge in [-0.1, -0.05) is 26.7 Å². The van der Waals surface area contributed by atoms with Crippen LogP contribution in [0.25, 0.3) is 31.9 Å². The van der Waals surface area contributed by atoms with Gasteiger partial charge in [0, 0.05) is 22.4 Å². The number of benzene rings is 3. The van der Waals surface area contributed by atoms with Crippen LogP contribution in [0.3, 0.4) is 0 Å². The van der Waals surface area contributed by atoms with E-state index in [0.717, 1.165) is 43.4 Å². The number of hydrogen-bond acceptors (Lipinski definition) is 7. The zero-order valence-electron chi connectivity index (χ0n) is 20.0. The van der Waals surface area contributed by atoms with Gasteiger partial charge in [-0.15, -0.1) is 11.3 Å². The van der Waals surface area contributed by atoms with E-state index in [1.54, 1.807) is 32.0 Å². The lowest BCUT2D eigenvalue weighted by molar-refractivity contribution is 0.340. The van der Waals surface area contributed by atoms with E-state index in [0.29, 0.717) is 6.61 Å². The molecule has 0 saturated carbocycles. The summed E-state index contributed by atoms with van der Waals surface area (Å²) in [6, 6.07) is 21.1. The van der Waals surface area contributed by atoms with Crippen LogP contribution in [0.1, 0.15) is 31.2 Å². The summed E-state index contributed by atoms with van der Waals surface area (Å²) in [6.45, 7) is 9.24. The first-order valence-electron chi connectivity index (χ1n) is 11.6. The Morgan fingerprint density at radius 3 is 2.63 bits per heavy atom. The zero-order valence-corrected chi connectivity index (χ0v) is 22.5. The summed E-state index contributed by atoms with van der Waals surface area (Å²) >= 11 is 1.73. The third-order valence-electron chi connectivity index (χ3n) is 6.12. The van der Waals surface area contributed by atoms with Crippen molar-refractivity contribution in [2.24, 2.45) is 4.99 Å². The number of fused-ring (bicyclic) bond motifs is 4. The van der Waals surface area contributed by atoms with E-state index in [1.165, 1.54) is 20.7 Å². The Morgan fingerprint density at radius 1 is 1.00 bits per heavy atom. The number of aromatic nitrogens is 1. The van der Waals surface area contributed by atoms with Crippen LogP contribution in [0, 0.1) is 6.92 Å². The van der Waals surface area contributed by atoms with Crippen molar-refractivity contribution in [2.75, 3.05) is 11.9 Å². The smallest absolute Gasteiger partial charge is 0.135 e. The standard InChI is InChI=1S/C28H25N3OS3/c1-5-32-19-11-13-21-20(15-19)24-25(28(3,4)31-21)34-35-27(24)29-18-9-7-17(8-10-18)26-30-22-12-6-16(2)14-23(22)33-26/h6-15,31H,5H2,1-4H3. The summed E-state index contributed by atoms with van der Waals surface area (Å²) in [6.07, 6.45) is 0. The topological polar surface area (TPSA) is 46.5 Å². The maximum Gasteiger partial charge on any atom is 0.135 e. The lowest BCUT2D eigenvalue weighted by Crippen LogP contribution is -2.31. The molecule has 4 nitrogen and oxygen atoms in total. The number of rotatable bonds is 4. The molecule has 0 fully saturated rings. The van der Waals surface area contributed by atoms with Gasteiger partial charge in [-0.2, -0.15) is 0 Å². The SMILES string of the molecule is CCOc1ccc2c(c1)-c1c(ssc1=Nc1ccc(-c3nc4ccc(C)cc4s3)cc1)C(C)(C)N2. The molecule has 0 bridgehead atoms. The van der Waals surface area contributed by atoms with Crippen LogP contribution in [0.4, 0.5) is 11.4 Å². The average Bonchev–Trinajstić information content (AvgIpc) is 3.45. The molecule has 7 heteroatoms. The minimum absolute atomic E-state index is 0.153. The second-order valence-electron chi connectivity index (χ2n) is 9.22. The van der Waals surface area contributed by atoms with Gasteiger partial charge >= 0.3 is 0 Å². The van der Waals surface area contributed by atoms with Gasteiger partial charge < -0.3 is 10.1 Å². The van der Waals surface area contributed by atoms with Crippen molar-refractivity contribution in [3.05, 3.63) is 75.8 Å². The Morgan fingerprint density at radius 2 is 1.83 bits per heavy atom. The summed E-state index contributed by atoms with van der Waals surface area (Å²) in [4.78, 5) is 11.2. The number of anilines is 1. The maximum atomic E-state index is 5.80. The summed E-state index contributed by atoms with van der Waals surface area (Å²) < 4.78 is 8.06. The number of aryl methyl sites for hydroxylation is 1. The van der Waals surface area contributed by atoms with Crippen molar-refractivity contribution in [2.45, 2.75) is 33.2 Å². The van der Waals surface area contributed by atoms with Crippen LogP contribution in [0.15, 0.2) is 65.7 Å². The van der Waals surface area contributed by atoms with Crippen LogP contribution in [-0.2, 0) is 5.54 Å². The first kappa shape index (κ1) is 22.5. The molecular weight excluding hydrogens is 491 g/mol. The Labute approximate surface area is 216 Å². The van der Waals surface area contributed by atoms with Crippen LogP contribution >= 0.6 is 32.0 Å². The minimum atomic E-state index is -0.153. The fraction of sp³-hybridized carbons (Fsp3) is 0.214. The molecule has 0 saturated heterocycles. The van der Waals surface area contributed by atoms with Crippen LogP contribution in [0.5, 0.6) is 5.75 Å². The molecule has 0 aliphatic carbocycles. The number of ether oxygens (including phenoxy) is 1. The number of nitrogens with zero attached hydrogens (tertiary/aromatic N) is 2. The van der Waals surface area contributed by atoms with Gasteiger partial charge in [0.15, 0.2) is 0 Å². The normalized spacial score (nSPS) is 14.5. The number of nitrogens with one attached hydrogen (secondary N) is 1. The monoisotopic (exact) mass is 515 g/mol. The molecule has 6 rings (SSSR count). The van der Waals surface area contributed by atoms with E-state index in [1.807, 2.05) is 13.0 Å². The third kappa shape index (κ3) is 4.07. The maximum absolute atomic E-state index is 5.80. The molecule has 3 heterocycles. The fourth-order valence-corrected chi connectivity index (χ4v) is 8.44. The molecule has 0 atom stereocenters. The lowest BCUT2D eigenvalue weighted by Gasteiger charge is -2.33. The van der Waals surface area contributed by atoms with Gasteiger partial charge in [-0.05, 0) is 87.9 Å². The summed E-state index contributed by atoms with van der Waals surface area (Å²) in [7, 11) is 3.53. The molecule has 2 aromatic heterocycles. The van der Waals surface area contributed by atoms with Gasteiger partial charge in [0.1, 0.15) is 15.4 Å². The molecule has 1 N–H and O–H groups in total. The summed E-state index contributed by atoms with van der Waals surface area (Å²) in [5.74, 6) is 0.885. The van der Waals surface area contributed by atoms with Crippen molar-refractivity contribution in [3.63, 3.8) is 0 Å². The zero-order chi connectivity index (χ0) is 24.2. The summed E-state index contributed by atoms with van der Waals surface area (Å²) in [5, 5.41) is 4.73. The highest BCUT2D eigenvalue weighted by Gasteiger charge is 2.33. The quantitative estimate of drug-likeness (QED) is 0.245. The predicted octanol–water partition coefficient (Wildman–Crippen LogP) is 8.35. The summed E-state index contributed by atoms with van der Waals surface area (Å²) in [5.41, 5.74) is 7.72. The van der Waals surface area contributed by atoms with E-state index < -0.39 is 0 Å². The Kier molecular flexibility index (Phi) is 5.51. The lowest BCUT2D eigenvalue weighted by atomic mass is 9.90. The first-order chi connectivity index (χ1) is 16.9. The van der Waals surface area contributed by atoms with Crippen molar-refractivity contribution in [3.8, 4) is 27.4 Å². The molecule has 0 amide bonds. The van der Waals surface area contributed by atoms with Gasteiger partial charge in [0.05, 0.1) is 32.9 Å². The molecule has 3 aromatic carbocycles. The fourth-order valence-electron chi connectivity index (χ4n) is 4.43. The van der Waals surface area contributed by atoms with Crippen LogP contribution in [0.2, 0.25) is 0 Å². The molecule has 176 valence electrons. The molecule has 0 radical (unpaired) electrons. The second kappa shape index (κ2) is 8.59. The predicted molar refractivity (Wildman–Crippen MR) is 150 cm³/mol. The van der Waals surface area contributed by atoms with Gasteiger partial charge in [-0.3, -0.25) is 0 Å². The van der Waals surface area contributed by atoms with E-state index in [-0.39, 0.29) is 5.54 Å². The van der Waals surface area contributed by atoms with Crippen molar-refractivity contribution < 1.29 is 4.74 Å². The number of hydrogen-bond donors (Lipinski definition) is 1. The van der Waals surface area contributed by atoms with Crippen molar-refractivity contribution >= 4 is 53.6 Å². The largest absolute Gasteiger partial charge is 0.494 e. The molecular formula is C28H25N3OS3. The molecule has 1 aliphatic rings. The van der Waals surface area contributed by atoms with Crippen molar-refractivity contribution in [1.29, 1.82) is 0 Å². The number of thiazole rings is 1. The Bertz CT molecular complexity index is 1620. The van der Waals surface area contributed by atoms with E-state index in [2.05, 4.69) is 80.7 Å². The average molecular weight is 516 g/mol. The molecule has 0 unspecified atom stereocenters. The molecule has 35 heavy (non-hydrogen) atoms.